The Labute approximate surface area is 249 Å². The molecular weight excluding hydrogens is 558 g/mol. The van der Waals surface area contributed by atoms with E-state index in [9.17, 15) is 23.1 Å². The minimum Gasteiger partial charge on any atom is -0.497 e. The van der Waals surface area contributed by atoms with Crippen molar-refractivity contribution in [2.24, 2.45) is 11.8 Å². The number of hydrogen-bond donors (Lipinski definition) is 2. The summed E-state index contributed by atoms with van der Waals surface area (Å²) < 4.78 is 39.7. The van der Waals surface area contributed by atoms with Crippen molar-refractivity contribution in [2.45, 2.75) is 69.4 Å². The smallest absolute Gasteiger partial charge is 0.242 e. The number of amides is 2. The van der Waals surface area contributed by atoms with Crippen LogP contribution in [0.4, 0.5) is 5.69 Å². The lowest BCUT2D eigenvalue weighted by molar-refractivity contribution is -0.134. The number of sulfonamides is 1. The summed E-state index contributed by atoms with van der Waals surface area (Å²) in [5.74, 6) is 0.536. The number of aliphatic hydroxyl groups excluding tert-OH is 1. The maximum atomic E-state index is 13.5. The van der Waals surface area contributed by atoms with Crippen molar-refractivity contribution in [1.29, 1.82) is 0 Å². The number of aliphatic hydroxyl groups is 1. The molecule has 10 nitrogen and oxygen atoms in total. The van der Waals surface area contributed by atoms with Crippen LogP contribution in [0.1, 0.15) is 51.5 Å². The summed E-state index contributed by atoms with van der Waals surface area (Å²) in [5.41, 5.74) is 1.18. The number of methoxy groups -OCH3 is 1. The zero-order valence-electron chi connectivity index (χ0n) is 24.9. The Bertz CT molecular complexity index is 1340. The summed E-state index contributed by atoms with van der Waals surface area (Å²) in [5, 5.41) is 12.9. The van der Waals surface area contributed by atoms with Crippen LogP contribution in [0.15, 0.2) is 47.4 Å². The Hall–Kier alpha value is -3.15. The molecule has 230 valence electrons. The number of carbonyl (C=O) groups excluding carboxylic acids is 2. The van der Waals surface area contributed by atoms with Crippen LogP contribution in [-0.4, -0.2) is 80.5 Å². The van der Waals surface area contributed by atoms with E-state index in [1.165, 1.54) is 30.6 Å². The molecule has 2 N–H and O–H groups in total. The molecule has 0 spiro atoms. The summed E-state index contributed by atoms with van der Waals surface area (Å²) in [4.78, 5) is 28.2. The average molecular weight is 602 g/mol. The van der Waals surface area contributed by atoms with Gasteiger partial charge in [0.15, 0.2) is 0 Å². The van der Waals surface area contributed by atoms with Gasteiger partial charge < -0.3 is 24.8 Å². The van der Waals surface area contributed by atoms with Gasteiger partial charge in [0.05, 0.1) is 37.6 Å². The molecule has 0 unspecified atom stereocenters. The number of rotatable bonds is 9. The van der Waals surface area contributed by atoms with Gasteiger partial charge in [-0.3, -0.25) is 9.59 Å². The molecule has 1 heterocycles. The Morgan fingerprint density at radius 1 is 1.17 bits per heavy atom. The van der Waals surface area contributed by atoms with Crippen LogP contribution in [0.25, 0.3) is 0 Å². The first kappa shape index (κ1) is 31.8. The fraction of sp³-hybridized carbons (Fsp3) is 0.548. The Balaban J connectivity index is 1.61. The van der Waals surface area contributed by atoms with Crippen LogP contribution < -0.4 is 14.8 Å². The lowest BCUT2D eigenvalue weighted by Crippen LogP contribution is -2.48. The van der Waals surface area contributed by atoms with E-state index in [0.29, 0.717) is 22.7 Å². The zero-order chi connectivity index (χ0) is 30.4. The molecule has 2 amide bonds. The minimum absolute atomic E-state index is 0.0163. The molecule has 1 fully saturated rings. The normalized spacial score (nSPS) is 21.0. The number of benzene rings is 2. The van der Waals surface area contributed by atoms with Crippen molar-refractivity contribution < 1.29 is 32.6 Å². The molecule has 1 aliphatic carbocycles. The van der Waals surface area contributed by atoms with Gasteiger partial charge in [0.25, 0.3) is 0 Å². The summed E-state index contributed by atoms with van der Waals surface area (Å²) in [6, 6.07) is 11.0. The molecule has 1 aliphatic heterocycles. The van der Waals surface area contributed by atoms with E-state index in [2.05, 4.69) is 5.32 Å². The number of anilines is 1. The van der Waals surface area contributed by atoms with E-state index in [-0.39, 0.29) is 54.7 Å². The van der Waals surface area contributed by atoms with E-state index < -0.39 is 22.2 Å². The number of hydrogen-bond acceptors (Lipinski definition) is 7. The lowest BCUT2D eigenvalue weighted by Gasteiger charge is -2.33. The van der Waals surface area contributed by atoms with Crippen LogP contribution in [0, 0.1) is 11.8 Å². The van der Waals surface area contributed by atoms with Crippen LogP contribution in [0.3, 0.4) is 0 Å². The van der Waals surface area contributed by atoms with E-state index in [1.54, 1.807) is 42.2 Å². The van der Waals surface area contributed by atoms with Crippen LogP contribution >= 0.6 is 0 Å². The number of carbonyl (C=O) groups is 2. The maximum absolute atomic E-state index is 13.5. The Kier molecular flexibility index (Phi) is 10.5. The number of likely N-dealkylation sites (N-methyl/N-ethyl adjacent to an activating group) is 1. The summed E-state index contributed by atoms with van der Waals surface area (Å²) in [6.45, 7) is 3.79. The third-order valence-electron chi connectivity index (χ3n) is 8.36. The molecule has 0 bridgehead atoms. The first-order valence-corrected chi connectivity index (χ1v) is 16.1. The molecule has 0 aromatic heterocycles. The van der Waals surface area contributed by atoms with Gasteiger partial charge in [-0.2, -0.15) is 4.31 Å². The number of nitrogens with zero attached hydrogens (tertiary/aromatic N) is 2. The van der Waals surface area contributed by atoms with Crippen molar-refractivity contribution in [3.8, 4) is 11.5 Å². The molecule has 2 aromatic carbocycles. The minimum atomic E-state index is -3.84. The van der Waals surface area contributed by atoms with Gasteiger partial charge in [0.1, 0.15) is 17.6 Å². The summed E-state index contributed by atoms with van der Waals surface area (Å²) in [7, 11) is -0.818. The predicted molar refractivity (Wildman–Crippen MR) is 160 cm³/mol. The van der Waals surface area contributed by atoms with Crippen LogP contribution in [0.5, 0.6) is 11.5 Å². The summed E-state index contributed by atoms with van der Waals surface area (Å²) in [6.07, 6.45) is 4.41. The SMILES string of the molecule is COc1ccc(S(=O)(=O)N(C)C[C@H]2Oc3ccc(NC(=O)C4CCCCC4)cc3CC(=O)N([C@@H](C)CO)C[C@H]2C)cc1. The van der Waals surface area contributed by atoms with Crippen molar-refractivity contribution in [3.63, 3.8) is 0 Å². The van der Waals surface area contributed by atoms with E-state index in [1.807, 2.05) is 6.92 Å². The molecule has 11 heteroatoms. The van der Waals surface area contributed by atoms with Gasteiger partial charge in [0, 0.05) is 36.7 Å². The zero-order valence-corrected chi connectivity index (χ0v) is 25.7. The first-order chi connectivity index (χ1) is 20.0. The van der Waals surface area contributed by atoms with Gasteiger partial charge in [-0.05, 0) is 62.2 Å². The molecule has 2 aromatic rings. The van der Waals surface area contributed by atoms with E-state index >= 15 is 0 Å². The second kappa shape index (κ2) is 13.9. The first-order valence-electron chi connectivity index (χ1n) is 14.6. The number of ether oxygens (including phenoxy) is 2. The lowest BCUT2D eigenvalue weighted by atomic mass is 9.88. The maximum Gasteiger partial charge on any atom is 0.242 e. The Morgan fingerprint density at radius 3 is 2.50 bits per heavy atom. The largest absolute Gasteiger partial charge is 0.497 e. The second-order valence-corrected chi connectivity index (χ2v) is 13.5. The van der Waals surface area contributed by atoms with Gasteiger partial charge in [-0.25, -0.2) is 8.42 Å². The van der Waals surface area contributed by atoms with Crippen molar-refractivity contribution in [1.82, 2.24) is 9.21 Å². The molecule has 42 heavy (non-hydrogen) atoms. The molecule has 4 rings (SSSR count). The number of fused-ring (bicyclic) bond motifs is 1. The highest BCUT2D eigenvalue weighted by Crippen LogP contribution is 2.31. The third kappa shape index (κ3) is 7.43. The fourth-order valence-electron chi connectivity index (χ4n) is 5.61. The summed E-state index contributed by atoms with van der Waals surface area (Å²) >= 11 is 0. The fourth-order valence-corrected chi connectivity index (χ4v) is 6.80. The van der Waals surface area contributed by atoms with Gasteiger partial charge in [0.2, 0.25) is 21.8 Å². The molecule has 3 atom stereocenters. The van der Waals surface area contributed by atoms with Gasteiger partial charge in [-0.1, -0.05) is 26.2 Å². The Morgan fingerprint density at radius 2 is 1.86 bits per heavy atom. The van der Waals surface area contributed by atoms with Crippen molar-refractivity contribution in [3.05, 3.63) is 48.0 Å². The average Bonchev–Trinajstić information content (AvgIpc) is 3.04. The highest BCUT2D eigenvalue weighted by molar-refractivity contribution is 7.89. The van der Waals surface area contributed by atoms with E-state index in [0.717, 1.165) is 32.1 Å². The van der Waals surface area contributed by atoms with Crippen LogP contribution in [0.2, 0.25) is 0 Å². The highest BCUT2D eigenvalue weighted by Gasteiger charge is 2.33. The molecule has 1 saturated carbocycles. The van der Waals surface area contributed by atoms with Gasteiger partial charge >= 0.3 is 0 Å². The predicted octanol–water partition coefficient (Wildman–Crippen LogP) is 3.68. The molecule has 0 radical (unpaired) electrons. The van der Waals surface area contributed by atoms with Crippen LogP contribution in [-0.2, 0) is 26.0 Å². The topological polar surface area (TPSA) is 125 Å². The number of nitrogens with one attached hydrogen (secondary N) is 1. The quantitative estimate of drug-likeness (QED) is 0.449. The third-order valence-corrected chi connectivity index (χ3v) is 10.2. The van der Waals surface area contributed by atoms with Gasteiger partial charge in [-0.15, -0.1) is 0 Å². The van der Waals surface area contributed by atoms with Crippen molar-refractivity contribution in [2.75, 3.05) is 39.2 Å². The standard InChI is InChI=1S/C31H43N3O7S/c1-21-18-34(22(2)20-35)30(36)17-24-16-25(32-31(37)23-8-6-5-7-9-23)10-15-28(24)41-29(21)19-33(3)42(38,39)27-13-11-26(40-4)12-14-27/h10-16,21-23,29,35H,5-9,17-20H2,1-4H3,(H,32,37)/t21-,22+,29-/m1/s1. The molecule has 0 saturated heterocycles. The van der Waals surface area contributed by atoms with E-state index in [4.69, 9.17) is 9.47 Å². The van der Waals surface area contributed by atoms with Crippen molar-refractivity contribution >= 4 is 27.5 Å². The molecule has 2 aliphatic rings. The molecular formula is C31H43N3O7S. The monoisotopic (exact) mass is 601 g/mol. The highest BCUT2D eigenvalue weighted by atomic mass is 32.2. The second-order valence-electron chi connectivity index (χ2n) is 11.5.